The zero-order valence-corrected chi connectivity index (χ0v) is 19.3. The van der Waals surface area contributed by atoms with Crippen LogP contribution in [0.4, 0.5) is 0 Å². The quantitative estimate of drug-likeness (QED) is 0.513. The number of amides is 1. The summed E-state index contributed by atoms with van der Waals surface area (Å²) in [5.74, 6) is -0.539. The van der Waals surface area contributed by atoms with Gasteiger partial charge in [-0.15, -0.1) is 16.4 Å². The molecule has 3 aromatic heterocycles. The first-order chi connectivity index (χ1) is 15.3. The fourth-order valence-electron chi connectivity index (χ4n) is 4.15. The van der Waals surface area contributed by atoms with Gasteiger partial charge in [-0.25, -0.2) is 13.9 Å². The van der Waals surface area contributed by atoms with Gasteiger partial charge in [0.2, 0.25) is 11.7 Å². The lowest BCUT2D eigenvalue weighted by Crippen LogP contribution is -2.45. The van der Waals surface area contributed by atoms with E-state index in [0.29, 0.717) is 42.8 Å². The molecule has 0 bridgehead atoms. The van der Waals surface area contributed by atoms with E-state index in [-0.39, 0.29) is 48.1 Å². The molecule has 1 aliphatic heterocycles. The van der Waals surface area contributed by atoms with Gasteiger partial charge in [-0.05, 0) is 37.1 Å². The summed E-state index contributed by atoms with van der Waals surface area (Å²) in [5.41, 5.74) is -0.153. The molecule has 1 amide bonds. The molecule has 0 aromatic carbocycles. The molecule has 4 rings (SSSR count). The van der Waals surface area contributed by atoms with E-state index in [9.17, 15) is 19.2 Å². The fraction of sp³-hybridized carbons (Fsp3) is 0.571. The second-order valence-corrected chi connectivity index (χ2v) is 9.37. The summed E-state index contributed by atoms with van der Waals surface area (Å²) in [6, 6.07) is 1.72. The smallest absolute Gasteiger partial charge is 0.352 e. The molecule has 0 unspecified atom stereocenters. The van der Waals surface area contributed by atoms with E-state index in [1.54, 1.807) is 23.3 Å². The number of carbonyl (C=O) groups is 2. The second kappa shape index (κ2) is 8.89. The van der Waals surface area contributed by atoms with Crippen LogP contribution in [-0.2, 0) is 27.4 Å². The van der Waals surface area contributed by atoms with Gasteiger partial charge in [-0.2, -0.15) is 0 Å². The van der Waals surface area contributed by atoms with Crippen LogP contribution < -0.4 is 11.2 Å². The molecular formula is C21H27N5O5S. The molecule has 4 heterocycles. The van der Waals surface area contributed by atoms with Crippen LogP contribution in [-0.4, -0.2) is 55.2 Å². The normalized spacial score (nSPS) is 16.9. The number of hydrogen-bond acceptors (Lipinski definition) is 7. The standard InChI is InChI=1S/C21H27N5O5S/c1-4-31-19(29)14-6-5-8-23(11-14)16(27)12-25-21(30)26-15-7-9-32-17(15)18(28)24(10-13(2)3)20(26)22-25/h7,9,13-14H,4-6,8,10-12H2,1-3H3/t14-/m1/s1. The summed E-state index contributed by atoms with van der Waals surface area (Å²) in [7, 11) is 0. The number of ether oxygens (including phenoxy) is 1. The van der Waals surface area contributed by atoms with Gasteiger partial charge in [-0.3, -0.25) is 19.0 Å². The third-order valence-corrected chi connectivity index (χ3v) is 6.51. The zero-order chi connectivity index (χ0) is 23.0. The number of likely N-dealkylation sites (tertiary alicyclic amines) is 1. The molecule has 1 fully saturated rings. The molecule has 32 heavy (non-hydrogen) atoms. The average Bonchev–Trinajstić information content (AvgIpc) is 3.36. The Hall–Kier alpha value is -2.95. The van der Waals surface area contributed by atoms with Crippen molar-refractivity contribution >= 4 is 39.2 Å². The maximum Gasteiger partial charge on any atom is 0.352 e. The van der Waals surface area contributed by atoms with Gasteiger partial charge in [-0.1, -0.05) is 13.8 Å². The molecule has 3 aromatic rings. The van der Waals surface area contributed by atoms with Gasteiger partial charge in [0, 0.05) is 19.6 Å². The van der Waals surface area contributed by atoms with Gasteiger partial charge in [0.05, 0.1) is 18.0 Å². The lowest BCUT2D eigenvalue weighted by Gasteiger charge is -2.31. The topological polar surface area (TPSA) is 108 Å². The molecule has 0 aliphatic carbocycles. The molecule has 1 saturated heterocycles. The number of aromatic nitrogens is 4. The number of carbonyl (C=O) groups excluding carboxylic acids is 2. The number of piperidine rings is 1. The summed E-state index contributed by atoms with van der Waals surface area (Å²) in [4.78, 5) is 52.8. The predicted molar refractivity (Wildman–Crippen MR) is 120 cm³/mol. The molecule has 1 aliphatic rings. The molecule has 0 N–H and O–H groups in total. The molecular weight excluding hydrogens is 434 g/mol. The van der Waals surface area contributed by atoms with E-state index in [0.717, 1.165) is 4.68 Å². The number of rotatable bonds is 6. The fourth-order valence-corrected chi connectivity index (χ4v) is 4.98. The van der Waals surface area contributed by atoms with Crippen LogP contribution in [0.2, 0.25) is 0 Å². The lowest BCUT2D eigenvalue weighted by molar-refractivity contribution is -0.151. The number of thiophene rings is 1. The van der Waals surface area contributed by atoms with Crippen LogP contribution in [0.5, 0.6) is 0 Å². The van der Waals surface area contributed by atoms with Crippen molar-refractivity contribution in [3.8, 4) is 0 Å². The van der Waals surface area contributed by atoms with Gasteiger partial charge in [0.1, 0.15) is 11.2 Å². The number of hydrogen-bond donors (Lipinski definition) is 0. The van der Waals surface area contributed by atoms with Crippen molar-refractivity contribution in [2.45, 2.75) is 46.7 Å². The Kier molecular flexibility index (Phi) is 6.18. The minimum atomic E-state index is -0.465. The molecule has 11 heteroatoms. The van der Waals surface area contributed by atoms with Gasteiger partial charge in [0.25, 0.3) is 5.56 Å². The highest BCUT2D eigenvalue weighted by Crippen LogP contribution is 2.19. The van der Waals surface area contributed by atoms with Crippen molar-refractivity contribution in [2.75, 3.05) is 19.7 Å². The first kappa shape index (κ1) is 22.3. The summed E-state index contributed by atoms with van der Waals surface area (Å²) in [5, 5.41) is 6.14. The first-order valence-electron chi connectivity index (χ1n) is 10.9. The maximum atomic E-state index is 13.2. The van der Waals surface area contributed by atoms with Crippen molar-refractivity contribution in [3.63, 3.8) is 0 Å². The molecule has 0 spiro atoms. The highest BCUT2D eigenvalue weighted by molar-refractivity contribution is 7.17. The summed E-state index contributed by atoms with van der Waals surface area (Å²) >= 11 is 1.28. The van der Waals surface area contributed by atoms with Gasteiger partial charge >= 0.3 is 11.7 Å². The number of nitrogens with zero attached hydrogens (tertiary/aromatic N) is 5. The van der Waals surface area contributed by atoms with Crippen molar-refractivity contribution < 1.29 is 14.3 Å². The highest BCUT2D eigenvalue weighted by Gasteiger charge is 2.30. The minimum Gasteiger partial charge on any atom is -0.466 e. The van der Waals surface area contributed by atoms with Crippen LogP contribution >= 0.6 is 11.3 Å². The van der Waals surface area contributed by atoms with Gasteiger partial charge < -0.3 is 9.64 Å². The molecule has 1 atom stereocenters. The third-order valence-electron chi connectivity index (χ3n) is 5.62. The molecule has 0 saturated carbocycles. The molecule has 0 radical (unpaired) electrons. The van der Waals surface area contributed by atoms with E-state index in [4.69, 9.17) is 4.74 Å². The Morgan fingerprint density at radius 1 is 1.31 bits per heavy atom. The van der Waals surface area contributed by atoms with E-state index in [2.05, 4.69) is 5.10 Å². The summed E-state index contributed by atoms with van der Waals surface area (Å²) in [6.07, 6.45) is 1.37. The average molecular weight is 462 g/mol. The lowest BCUT2D eigenvalue weighted by atomic mass is 9.98. The Labute approximate surface area is 188 Å². The SMILES string of the molecule is CCOC(=O)[C@@H]1CCCN(C(=O)Cn2nc3n(CC(C)C)c(=O)c4sccc4n3c2=O)C1. The molecule has 172 valence electrons. The predicted octanol–water partition coefficient (Wildman–Crippen LogP) is 1.33. The van der Waals surface area contributed by atoms with E-state index < -0.39 is 5.69 Å². The third kappa shape index (κ3) is 3.96. The first-order valence-corrected chi connectivity index (χ1v) is 11.7. The Bertz CT molecular complexity index is 1280. The van der Waals surface area contributed by atoms with Crippen LogP contribution in [0.25, 0.3) is 16.0 Å². The van der Waals surface area contributed by atoms with Crippen LogP contribution in [0.15, 0.2) is 21.0 Å². The van der Waals surface area contributed by atoms with Crippen molar-refractivity contribution in [1.29, 1.82) is 0 Å². The van der Waals surface area contributed by atoms with E-state index >= 15 is 0 Å². The van der Waals surface area contributed by atoms with Crippen LogP contribution in [0.3, 0.4) is 0 Å². The van der Waals surface area contributed by atoms with Crippen molar-refractivity contribution in [1.82, 2.24) is 23.6 Å². The minimum absolute atomic E-state index is 0.170. The summed E-state index contributed by atoms with van der Waals surface area (Å²) < 4.78 is 9.60. The Morgan fingerprint density at radius 2 is 2.09 bits per heavy atom. The van der Waals surface area contributed by atoms with E-state index in [1.807, 2.05) is 13.8 Å². The van der Waals surface area contributed by atoms with Crippen molar-refractivity contribution in [2.24, 2.45) is 11.8 Å². The zero-order valence-electron chi connectivity index (χ0n) is 18.4. The second-order valence-electron chi connectivity index (χ2n) is 8.45. The van der Waals surface area contributed by atoms with Gasteiger partial charge in [0.15, 0.2) is 0 Å². The van der Waals surface area contributed by atoms with Crippen LogP contribution in [0.1, 0.15) is 33.6 Å². The van der Waals surface area contributed by atoms with E-state index in [1.165, 1.54) is 20.3 Å². The Balaban J connectivity index is 1.67. The maximum absolute atomic E-state index is 13.2. The highest BCUT2D eigenvalue weighted by atomic mass is 32.1. The molecule has 10 nitrogen and oxygen atoms in total. The number of fused-ring (bicyclic) bond motifs is 3. The summed E-state index contributed by atoms with van der Waals surface area (Å²) in [6.45, 7) is 6.96. The van der Waals surface area contributed by atoms with Crippen molar-refractivity contribution in [3.05, 3.63) is 32.3 Å². The van der Waals surface area contributed by atoms with Crippen LogP contribution in [0, 0.1) is 11.8 Å². The number of esters is 1. The largest absolute Gasteiger partial charge is 0.466 e. The monoisotopic (exact) mass is 461 g/mol. The Morgan fingerprint density at radius 3 is 2.81 bits per heavy atom.